The van der Waals surface area contributed by atoms with Crippen molar-refractivity contribution in [3.63, 3.8) is 0 Å². The number of hydrogen-bond acceptors (Lipinski definition) is 5. The van der Waals surface area contributed by atoms with Gasteiger partial charge in [0.05, 0.1) is 11.4 Å². The Morgan fingerprint density at radius 1 is 1.46 bits per heavy atom. The molecule has 0 radical (unpaired) electrons. The molecule has 0 fully saturated rings. The largest absolute Gasteiger partial charge is 0.479 e. The summed E-state index contributed by atoms with van der Waals surface area (Å²) in [7, 11) is 0. The zero-order valence-electron chi connectivity index (χ0n) is 13.8. The predicted molar refractivity (Wildman–Crippen MR) is 94.4 cm³/mol. The monoisotopic (exact) mass is 345 g/mol. The second-order valence-electron chi connectivity index (χ2n) is 6.14. The van der Waals surface area contributed by atoms with E-state index in [0.717, 1.165) is 11.3 Å². The van der Waals surface area contributed by atoms with E-state index in [1.807, 2.05) is 37.4 Å². The highest BCUT2D eigenvalue weighted by molar-refractivity contribution is 7.14. The lowest BCUT2D eigenvalue weighted by Gasteiger charge is -2.23. The fraction of sp³-hybridized carbons (Fsp3) is 0.353. The number of fused-ring (bicyclic) bond motifs is 1. The van der Waals surface area contributed by atoms with Crippen LogP contribution in [0.1, 0.15) is 27.2 Å². The molecule has 24 heavy (non-hydrogen) atoms. The quantitative estimate of drug-likeness (QED) is 0.888. The maximum absolute atomic E-state index is 11.8. The smallest absolute Gasteiger partial charge is 0.265 e. The highest BCUT2D eigenvalue weighted by Gasteiger charge is 2.23. The minimum atomic E-state index is -0.495. The molecule has 3 rings (SSSR count). The minimum Gasteiger partial charge on any atom is -0.479 e. The Hall–Kier alpha value is -2.41. The van der Waals surface area contributed by atoms with Gasteiger partial charge in [-0.2, -0.15) is 0 Å². The molecule has 1 unspecified atom stereocenters. The molecule has 2 heterocycles. The van der Waals surface area contributed by atoms with Gasteiger partial charge in [0.15, 0.2) is 11.2 Å². The summed E-state index contributed by atoms with van der Waals surface area (Å²) < 4.78 is 5.54. The van der Waals surface area contributed by atoms with Crippen LogP contribution < -0.4 is 15.4 Å². The van der Waals surface area contributed by atoms with Crippen LogP contribution in [0.25, 0.3) is 11.3 Å². The molecule has 0 bridgehead atoms. The third kappa shape index (κ3) is 3.56. The average Bonchev–Trinajstić information content (AvgIpc) is 2.95. The van der Waals surface area contributed by atoms with Crippen molar-refractivity contribution in [1.82, 2.24) is 4.98 Å². The van der Waals surface area contributed by atoms with Gasteiger partial charge in [-0.3, -0.25) is 9.59 Å². The number of nitrogens with one attached hydrogen (secondary N) is 2. The van der Waals surface area contributed by atoms with Gasteiger partial charge in [-0.25, -0.2) is 4.98 Å². The number of aromatic nitrogens is 1. The maximum Gasteiger partial charge on any atom is 0.265 e. The number of anilines is 2. The number of rotatable bonds is 4. The second-order valence-corrected chi connectivity index (χ2v) is 7.00. The Kier molecular flexibility index (Phi) is 4.53. The predicted octanol–water partition coefficient (Wildman–Crippen LogP) is 3.51. The third-order valence-electron chi connectivity index (χ3n) is 3.55. The van der Waals surface area contributed by atoms with E-state index in [9.17, 15) is 9.59 Å². The average molecular weight is 345 g/mol. The topological polar surface area (TPSA) is 80.3 Å². The van der Waals surface area contributed by atoms with Crippen LogP contribution >= 0.6 is 11.3 Å². The summed E-state index contributed by atoms with van der Waals surface area (Å²) in [5.74, 6) is 0.744. The number of nitrogens with zero attached hydrogens (tertiary/aromatic N) is 1. The van der Waals surface area contributed by atoms with E-state index >= 15 is 0 Å². The van der Waals surface area contributed by atoms with Crippen LogP contribution in [0.3, 0.4) is 0 Å². The molecule has 1 aromatic heterocycles. The lowest BCUT2D eigenvalue weighted by molar-refractivity contribution is -0.122. The molecular formula is C17H19N3O3S. The molecule has 1 aliphatic heterocycles. The number of thiazole rings is 1. The Morgan fingerprint density at radius 2 is 2.25 bits per heavy atom. The van der Waals surface area contributed by atoms with Crippen molar-refractivity contribution in [3.05, 3.63) is 23.6 Å². The van der Waals surface area contributed by atoms with Crippen molar-refractivity contribution in [1.29, 1.82) is 0 Å². The summed E-state index contributed by atoms with van der Waals surface area (Å²) in [4.78, 5) is 28.0. The van der Waals surface area contributed by atoms with E-state index < -0.39 is 6.10 Å². The SMILES string of the molecule is CC(C)CC(=O)Nc1nc(-c2ccc3c(c2)NC(=O)C(C)O3)cs1. The van der Waals surface area contributed by atoms with Crippen molar-refractivity contribution < 1.29 is 14.3 Å². The first-order valence-electron chi connectivity index (χ1n) is 7.79. The van der Waals surface area contributed by atoms with Gasteiger partial charge in [-0.05, 0) is 31.0 Å². The number of hydrogen-bond donors (Lipinski definition) is 2. The van der Waals surface area contributed by atoms with Gasteiger partial charge in [0.25, 0.3) is 5.91 Å². The zero-order valence-corrected chi connectivity index (χ0v) is 14.6. The van der Waals surface area contributed by atoms with Gasteiger partial charge < -0.3 is 15.4 Å². The van der Waals surface area contributed by atoms with Gasteiger partial charge in [-0.15, -0.1) is 11.3 Å². The van der Waals surface area contributed by atoms with E-state index in [2.05, 4.69) is 15.6 Å². The normalized spacial score (nSPS) is 16.3. The highest BCUT2D eigenvalue weighted by atomic mass is 32.1. The molecule has 2 amide bonds. The summed E-state index contributed by atoms with van der Waals surface area (Å²) in [6.45, 7) is 5.70. The van der Waals surface area contributed by atoms with Gasteiger partial charge in [0.2, 0.25) is 5.91 Å². The van der Waals surface area contributed by atoms with Crippen molar-refractivity contribution >= 4 is 34.0 Å². The molecular weight excluding hydrogens is 326 g/mol. The summed E-state index contributed by atoms with van der Waals surface area (Å²) in [5.41, 5.74) is 2.23. The van der Waals surface area contributed by atoms with Crippen molar-refractivity contribution in [3.8, 4) is 17.0 Å². The van der Waals surface area contributed by atoms with Crippen molar-refractivity contribution in [2.75, 3.05) is 10.6 Å². The van der Waals surface area contributed by atoms with E-state index in [4.69, 9.17) is 4.74 Å². The lowest BCUT2D eigenvalue weighted by atomic mass is 10.1. The van der Waals surface area contributed by atoms with E-state index in [1.165, 1.54) is 11.3 Å². The molecule has 0 spiro atoms. The molecule has 126 valence electrons. The lowest BCUT2D eigenvalue weighted by Crippen LogP contribution is -2.34. The minimum absolute atomic E-state index is 0.0361. The summed E-state index contributed by atoms with van der Waals surface area (Å²) in [6, 6.07) is 5.53. The van der Waals surface area contributed by atoms with E-state index in [1.54, 1.807) is 6.92 Å². The van der Waals surface area contributed by atoms with E-state index in [0.29, 0.717) is 28.9 Å². The Bertz CT molecular complexity index is 785. The van der Waals surface area contributed by atoms with E-state index in [-0.39, 0.29) is 11.8 Å². The highest BCUT2D eigenvalue weighted by Crippen LogP contribution is 2.34. The fourth-order valence-electron chi connectivity index (χ4n) is 2.37. The van der Waals surface area contributed by atoms with Crippen LogP contribution in [0.2, 0.25) is 0 Å². The molecule has 0 saturated carbocycles. The summed E-state index contributed by atoms with van der Waals surface area (Å²) >= 11 is 1.38. The maximum atomic E-state index is 11.8. The van der Waals surface area contributed by atoms with Gasteiger partial charge in [0.1, 0.15) is 5.75 Å². The van der Waals surface area contributed by atoms with Gasteiger partial charge in [0, 0.05) is 17.4 Å². The second kappa shape index (κ2) is 6.60. The standard InChI is InChI=1S/C17H19N3O3S/c1-9(2)6-15(21)20-17-19-13(8-24-17)11-4-5-14-12(7-11)18-16(22)10(3)23-14/h4-5,7-10H,6H2,1-3H3,(H,18,22)(H,19,20,21). The van der Waals surface area contributed by atoms with Gasteiger partial charge in [-0.1, -0.05) is 13.8 Å². The molecule has 7 heteroatoms. The first-order valence-corrected chi connectivity index (χ1v) is 8.67. The first kappa shape index (κ1) is 16.4. The third-order valence-corrected chi connectivity index (χ3v) is 4.31. The van der Waals surface area contributed by atoms with Crippen LogP contribution in [-0.4, -0.2) is 22.9 Å². The zero-order chi connectivity index (χ0) is 17.3. The number of ether oxygens (including phenoxy) is 1. The molecule has 2 N–H and O–H groups in total. The van der Waals surface area contributed by atoms with Crippen LogP contribution in [0.5, 0.6) is 5.75 Å². The van der Waals surface area contributed by atoms with Gasteiger partial charge >= 0.3 is 0 Å². The Labute approximate surface area is 144 Å². The van der Waals surface area contributed by atoms with Crippen LogP contribution in [0.4, 0.5) is 10.8 Å². The van der Waals surface area contributed by atoms with Crippen molar-refractivity contribution in [2.24, 2.45) is 5.92 Å². The molecule has 6 nitrogen and oxygen atoms in total. The molecule has 1 aliphatic rings. The summed E-state index contributed by atoms with van der Waals surface area (Å²) in [6.07, 6.45) is -0.0274. The molecule has 2 aromatic rings. The fourth-order valence-corrected chi connectivity index (χ4v) is 3.11. The summed E-state index contributed by atoms with van der Waals surface area (Å²) in [5, 5.41) is 8.08. The number of benzene rings is 1. The molecule has 0 saturated heterocycles. The van der Waals surface area contributed by atoms with Crippen molar-refractivity contribution in [2.45, 2.75) is 33.3 Å². The Balaban J connectivity index is 1.77. The van der Waals surface area contributed by atoms with Crippen LogP contribution in [0, 0.1) is 5.92 Å². The molecule has 1 atom stereocenters. The van der Waals surface area contributed by atoms with Crippen LogP contribution in [0.15, 0.2) is 23.6 Å². The Morgan fingerprint density at radius 3 is 3.00 bits per heavy atom. The number of carbonyl (C=O) groups excluding carboxylic acids is 2. The number of carbonyl (C=O) groups is 2. The first-order chi connectivity index (χ1) is 11.4. The molecule has 0 aliphatic carbocycles. The molecule has 1 aromatic carbocycles. The number of amides is 2. The van der Waals surface area contributed by atoms with Crippen LogP contribution in [-0.2, 0) is 9.59 Å².